The number of hydrogen-bond donors (Lipinski definition) is 3. The molecule has 0 unspecified atom stereocenters. The number of para-hydroxylation sites is 1. The summed E-state index contributed by atoms with van der Waals surface area (Å²) in [6.45, 7) is 0. The Morgan fingerprint density at radius 2 is 1.67 bits per heavy atom. The normalized spacial score (nSPS) is 10.6. The predicted molar refractivity (Wildman–Crippen MR) is 91.6 cm³/mol. The zero-order chi connectivity index (χ0) is 19.9. The minimum absolute atomic E-state index is 0.0216. The van der Waals surface area contributed by atoms with Gasteiger partial charge in [-0.2, -0.15) is 18.4 Å². The number of nitriles is 1. The number of benzene rings is 2. The molecular weight excluding hydrogens is 361 g/mol. The highest BCUT2D eigenvalue weighted by molar-refractivity contribution is 6.01. The molecule has 0 radical (unpaired) electrons. The van der Waals surface area contributed by atoms with Crippen LogP contribution in [0.25, 0.3) is 0 Å². The highest BCUT2D eigenvalue weighted by Gasteiger charge is 2.29. The van der Waals surface area contributed by atoms with E-state index in [0.717, 1.165) is 12.1 Å². The Hall–Kier alpha value is -3.54. The first-order chi connectivity index (χ1) is 12.8. The Balaban J connectivity index is 2.08. The summed E-state index contributed by atoms with van der Waals surface area (Å²) in [4.78, 5) is 23.7. The van der Waals surface area contributed by atoms with Crippen LogP contribution in [0.2, 0.25) is 0 Å². The molecule has 9 heteroatoms. The molecule has 27 heavy (non-hydrogen) atoms. The summed E-state index contributed by atoms with van der Waals surface area (Å²) in [7, 11) is 0. The Labute approximate surface area is 153 Å². The molecular formula is C18H15F3N4O2. The van der Waals surface area contributed by atoms with Gasteiger partial charge in [0.2, 0.25) is 5.91 Å². The second kappa shape index (κ2) is 8.71. The van der Waals surface area contributed by atoms with E-state index in [1.165, 1.54) is 18.2 Å². The van der Waals surface area contributed by atoms with E-state index in [4.69, 9.17) is 5.26 Å². The molecule has 0 aliphatic carbocycles. The summed E-state index contributed by atoms with van der Waals surface area (Å²) in [6, 6.07) is 12.5. The molecule has 6 nitrogen and oxygen atoms in total. The van der Waals surface area contributed by atoms with Crippen LogP contribution in [0.5, 0.6) is 0 Å². The maximum absolute atomic E-state index is 12.6. The van der Waals surface area contributed by atoms with E-state index in [0.29, 0.717) is 11.4 Å². The fraction of sp³-hybridized carbons (Fsp3) is 0.167. The van der Waals surface area contributed by atoms with E-state index in [-0.39, 0.29) is 18.4 Å². The average Bonchev–Trinajstić information content (AvgIpc) is 2.64. The summed E-state index contributed by atoms with van der Waals surface area (Å²) in [5.41, 5.74) is 4.53. The first kappa shape index (κ1) is 19.8. The zero-order valence-electron chi connectivity index (χ0n) is 13.9. The van der Waals surface area contributed by atoms with Crippen molar-refractivity contribution >= 4 is 23.2 Å². The maximum atomic E-state index is 12.6. The molecule has 0 saturated carbocycles. The Kier molecular flexibility index (Phi) is 6.38. The van der Waals surface area contributed by atoms with Crippen LogP contribution >= 0.6 is 0 Å². The molecule has 0 atom stereocenters. The lowest BCUT2D eigenvalue weighted by atomic mass is 10.1. The molecule has 0 aliphatic heterocycles. The third kappa shape index (κ3) is 5.74. The summed E-state index contributed by atoms with van der Waals surface area (Å²) < 4.78 is 37.9. The highest BCUT2D eigenvalue weighted by Crippen LogP contribution is 2.30. The van der Waals surface area contributed by atoms with Crippen LogP contribution in [0.1, 0.15) is 28.8 Å². The van der Waals surface area contributed by atoms with Gasteiger partial charge in [-0.05, 0) is 36.4 Å². The fourth-order valence-corrected chi connectivity index (χ4v) is 2.11. The monoisotopic (exact) mass is 376 g/mol. The van der Waals surface area contributed by atoms with Gasteiger partial charge in [0.05, 0.1) is 22.9 Å². The number of carbonyl (C=O) groups is 2. The van der Waals surface area contributed by atoms with Crippen LogP contribution < -0.4 is 16.2 Å². The van der Waals surface area contributed by atoms with Gasteiger partial charge >= 0.3 is 6.18 Å². The van der Waals surface area contributed by atoms with Crippen molar-refractivity contribution < 1.29 is 22.8 Å². The molecule has 0 aliphatic rings. The van der Waals surface area contributed by atoms with Gasteiger partial charge in [-0.25, -0.2) is 0 Å². The largest absolute Gasteiger partial charge is 0.416 e. The van der Waals surface area contributed by atoms with Crippen LogP contribution in [0.3, 0.4) is 0 Å². The standard InChI is InChI=1S/C18H15F3N4O2/c19-18(20,21)12-7-9-13(10-8-12)23-15-5-2-1-4-14(15)17(27)25-24-16(26)6-3-11-22/h1-2,4-5,7-10,23H,3,6H2,(H,24,26)(H,25,27). The van der Waals surface area contributed by atoms with Crippen molar-refractivity contribution in [1.29, 1.82) is 5.26 Å². The number of nitrogens with zero attached hydrogens (tertiary/aromatic N) is 1. The molecule has 2 aromatic carbocycles. The van der Waals surface area contributed by atoms with E-state index in [1.807, 2.05) is 6.07 Å². The number of amides is 2. The van der Waals surface area contributed by atoms with Crippen LogP contribution in [0.4, 0.5) is 24.5 Å². The number of anilines is 2. The summed E-state index contributed by atoms with van der Waals surface area (Å²) >= 11 is 0. The molecule has 0 bridgehead atoms. The highest BCUT2D eigenvalue weighted by atomic mass is 19.4. The molecule has 2 aromatic rings. The number of alkyl halides is 3. The topological polar surface area (TPSA) is 94.0 Å². The molecule has 2 amide bonds. The van der Waals surface area contributed by atoms with Crippen molar-refractivity contribution in [3.05, 3.63) is 59.7 Å². The van der Waals surface area contributed by atoms with Crippen LogP contribution in [-0.4, -0.2) is 11.8 Å². The molecule has 2 rings (SSSR count). The minimum Gasteiger partial charge on any atom is -0.355 e. The molecule has 0 saturated heterocycles. The van der Waals surface area contributed by atoms with Gasteiger partial charge in [-0.3, -0.25) is 20.4 Å². The molecule has 3 N–H and O–H groups in total. The molecule has 140 valence electrons. The zero-order valence-corrected chi connectivity index (χ0v) is 13.9. The number of hydrogen-bond acceptors (Lipinski definition) is 4. The third-order valence-electron chi connectivity index (χ3n) is 3.44. The first-order valence-electron chi connectivity index (χ1n) is 7.80. The van der Waals surface area contributed by atoms with Gasteiger partial charge in [0, 0.05) is 18.5 Å². The van der Waals surface area contributed by atoms with Crippen molar-refractivity contribution in [3.8, 4) is 6.07 Å². The number of carbonyl (C=O) groups excluding carboxylic acids is 2. The van der Waals surface area contributed by atoms with E-state index >= 15 is 0 Å². The lowest BCUT2D eigenvalue weighted by Gasteiger charge is -2.13. The number of hydrazine groups is 1. The number of rotatable bonds is 5. The van der Waals surface area contributed by atoms with Gasteiger partial charge in [0.25, 0.3) is 5.91 Å². The van der Waals surface area contributed by atoms with E-state index in [2.05, 4.69) is 16.2 Å². The maximum Gasteiger partial charge on any atom is 0.416 e. The van der Waals surface area contributed by atoms with E-state index in [9.17, 15) is 22.8 Å². The second-order valence-corrected chi connectivity index (χ2v) is 5.41. The van der Waals surface area contributed by atoms with Gasteiger partial charge < -0.3 is 5.32 Å². The molecule has 0 heterocycles. The second-order valence-electron chi connectivity index (χ2n) is 5.41. The van der Waals surface area contributed by atoms with Crippen molar-refractivity contribution in [2.45, 2.75) is 19.0 Å². The van der Waals surface area contributed by atoms with E-state index < -0.39 is 23.6 Å². The number of halogens is 3. The Morgan fingerprint density at radius 1 is 1.00 bits per heavy atom. The smallest absolute Gasteiger partial charge is 0.355 e. The Bertz CT molecular complexity index is 858. The number of nitrogens with one attached hydrogen (secondary N) is 3. The van der Waals surface area contributed by atoms with Crippen molar-refractivity contribution in [2.75, 3.05) is 5.32 Å². The van der Waals surface area contributed by atoms with Gasteiger partial charge in [-0.1, -0.05) is 12.1 Å². The van der Waals surface area contributed by atoms with Crippen LogP contribution in [0.15, 0.2) is 48.5 Å². The molecule has 0 fully saturated rings. The lowest BCUT2D eigenvalue weighted by Crippen LogP contribution is -2.41. The first-order valence-corrected chi connectivity index (χ1v) is 7.80. The fourth-order valence-electron chi connectivity index (χ4n) is 2.11. The third-order valence-corrected chi connectivity index (χ3v) is 3.44. The molecule has 0 aromatic heterocycles. The van der Waals surface area contributed by atoms with Gasteiger partial charge in [0.15, 0.2) is 0 Å². The van der Waals surface area contributed by atoms with Gasteiger partial charge in [0.1, 0.15) is 0 Å². The quantitative estimate of drug-likeness (QED) is 0.696. The summed E-state index contributed by atoms with van der Waals surface area (Å²) in [6.07, 6.45) is -4.46. The summed E-state index contributed by atoms with van der Waals surface area (Å²) in [5, 5.41) is 11.3. The summed E-state index contributed by atoms with van der Waals surface area (Å²) in [5.74, 6) is -1.13. The SMILES string of the molecule is N#CCCC(=O)NNC(=O)c1ccccc1Nc1ccc(C(F)(F)F)cc1. The Morgan fingerprint density at radius 3 is 2.30 bits per heavy atom. The van der Waals surface area contributed by atoms with E-state index in [1.54, 1.807) is 18.2 Å². The van der Waals surface area contributed by atoms with Crippen molar-refractivity contribution in [2.24, 2.45) is 0 Å². The van der Waals surface area contributed by atoms with Gasteiger partial charge in [-0.15, -0.1) is 0 Å². The van der Waals surface area contributed by atoms with Crippen molar-refractivity contribution in [1.82, 2.24) is 10.9 Å². The predicted octanol–water partition coefficient (Wildman–Crippen LogP) is 3.51. The van der Waals surface area contributed by atoms with Crippen molar-refractivity contribution in [3.63, 3.8) is 0 Å². The lowest BCUT2D eigenvalue weighted by molar-refractivity contribution is -0.137. The average molecular weight is 376 g/mol. The molecule has 0 spiro atoms. The van der Waals surface area contributed by atoms with Crippen LogP contribution in [0, 0.1) is 11.3 Å². The minimum atomic E-state index is -4.43. The van der Waals surface area contributed by atoms with Crippen LogP contribution in [-0.2, 0) is 11.0 Å².